The number of H-pyrrole nitrogens is 1. The second-order valence-electron chi connectivity index (χ2n) is 7.63. The molecule has 9 heteroatoms. The summed E-state index contributed by atoms with van der Waals surface area (Å²) < 4.78 is 1.65. The molecule has 0 spiro atoms. The van der Waals surface area contributed by atoms with E-state index in [9.17, 15) is 14.7 Å². The number of aromatic nitrogens is 5. The largest absolute Gasteiger partial charge is 0.530 e. The van der Waals surface area contributed by atoms with Gasteiger partial charge in [0.05, 0.1) is 6.54 Å². The van der Waals surface area contributed by atoms with Gasteiger partial charge in [0, 0.05) is 28.8 Å². The number of rotatable bonds is 6. The number of amides is 1. The number of carbonyl (C=O) groups is 1. The zero-order valence-electron chi connectivity index (χ0n) is 17.1. The van der Waals surface area contributed by atoms with Crippen LogP contribution in [0.15, 0.2) is 53.3 Å². The van der Waals surface area contributed by atoms with E-state index in [2.05, 4.69) is 25.9 Å². The molecule has 0 radical (unpaired) electrons. The van der Waals surface area contributed by atoms with Crippen LogP contribution in [0.5, 0.6) is 0 Å². The molecule has 4 rings (SSSR count). The van der Waals surface area contributed by atoms with Crippen molar-refractivity contribution in [3.8, 4) is 22.5 Å². The lowest BCUT2D eigenvalue weighted by Gasteiger charge is -2.22. The van der Waals surface area contributed by atoms with Gasteiger partial charge < -0.3 is 19.8 Å². The molecule has 0 saturated carbocycles. The summed E-state index contributed by atoms with van der Waals surface area (Å²) >= 11 is 0. The van der Waals surface area contributed by atoms with Crippen molar-refractivity contribution in [2.75, 3.05) is 0 Å². The minimum atomic E-state index is -1.40. The third-order valence-corrected chi connectivity index (χ3v) is 4.99. The molecule has 9 nitrogen and oxygen atoms in total. The van der Waals surface area contributed by atoms with Gasteiger partial charge >= 0.3 is 0 Å². The Labute approximate surface area is 177 Å². The fourth-order valence-corrected chi connectivity index (χ4v) is 3.74. The third-order valence-electron chi connectivity index (χ3n) is 4.99. The molecule has 4 aromatic rings. The van der Waals surface area contributed by atoms with E-state index in [-0.39, 0.29) is 18.0 Å². The Morgan fingerprint density at radius 1 is 1.13 bits per heavy atom. The summed E-state index contributed by atoms with van der Waals surface area (Å²) in [4.78, 5) is 24.6. The summed E-state index contributed by atoms with van der Waals surface area (Å²) in [5.41, 5.74) is 2.73. The van der Waals surface area contributed by atoms with Crippen LogP contribution >= 0.6 is 0 Å². The number of benzene rings is 2. The van der Waals surface area contributed by atoms with Crippen LogP contribution in [0.2, 0.25) is 0 Å². The van der Waals surface area contributed by atoms with Crippen molar-refractivity contribution in [1.29, 1.82) is 0 Å². The minimum absolute atomic E-state index is 0.0586. The fraction of sp³-hybridized carbons (Fsp3) is 0.227. The summed E-state index contributed by atoms with van der Waals surface area (Å²) in [6.07, 6.45) is -1.40. The average molecular weight is 417 g/mol. The highest BCUT2D eigenvalue weighted by molar-refractivity contribution is 5.99. The standard InChI is InChI=1S/C22H22N6O3/c1-13(2)12-28-18(11-23-22(30)31)19(14-6-4-3-5-7-14)17-10-15(20-24-26-27-25-20)8-9-16(17)21(28)29/h3-10,13,23H,11-12H2,1-2H3,(H,30,31)(H,24,25,26,27)/p-1. The number of nitrogens with one attached hydrogen (secondary N) is 2. The lowest BCUT2D eigenvalue weighted by atomic mass is 9.94. The predicted octanol–water partition coefficient (Wildman–Crippen LogP) is 1.94. The molecular weight excluding hydrogens is 396 g/mol. The van der Waals surface area contributed by atoms with E-state index >= 15 is 0 Å². The van der Waals surface area contributed by atoms with E-state index in [1.807, 2.05) is 50.2 Å². The molecule has 1 amide bonds. The van der Waals surface area contributed by atoms with E-state index in [1.165, 1.54) is 0 Å². The Balaban J connectivity index is 2.09. The Hall–Kier alpha value is -4.01. The molecular formula is C22H21N6O3-. The summed E-state index contributed by atoms with van der Waals surface area (Å²) in [5.74, 6) is 0.584. The van der Waals surface area contributed by atoms with Crippen LogP contribution in [-0.4, -0.2) is 31.3 Å². The number of tetrazole rings is 1. The van der Waals surface area contributed by atoms with Gasteiger partial charge in [0.25, 0.3) is 5.56 Å². The lowest BCUT2D eigenvalue weighted by Crippen LogP contribution is -2.38. The lowest BCUT2D eigenvalue weighted by molar-refractivity contribution is -0.251. The van der Waals surface area contributed by atoms with Gasteiger partial charge in [0.2, 0.25) is 5.82 Å². The summed E-state index contributed by atoms with van der Waals surface area (Å²) in [6.45, 7) is 4.41. The second kappa shape index (κ2) is 8.39. The minimum Gasteiger partial charge on any atom is -0.530 e. The van der Waals surface area contributed by atoms with Crippen molar-refractivity contribution in [1.82, 2.24) is 30.5 Å². The van der Waals surface area contributed by atoms with E-state index in [4.69, 9.17) is 0 Å². The van der Waals surface area contributed by atoms with Crippen LogP contribution in [0.25, 0.3) is 33.3 Å². The molecule has 2 heterocycles. The maximum absolute atomic E-state index is 13.4. The molecule has 0 aliphatic rings. The first-order valence-electron chi connectivity index (χ1n) is 9.89. The number of aromatic amines is 1. The number of pyridine rings is 1. The summed E-state index contributed by atoms with van der Waals surface area (Å²) in [5, 5.41) is 28.8. The van der Waals surface area contributed by atoms with Crippen LogP contribution in [0.3, 0.4) is 0 Å². The first-order chi connectivity index (χ1) is 15.0. The molecule has 158 valence electrons. The van der Waals surface area contributed by atoms with Crippen LogP contribution in [-0.2, 0) is 13.1 Å². The molecule has 2 N–H and O–H groups in total. The highest BCUT2D eigenvalue weighted by atomic mass is 16.4. The van der Waals surface area contributed by atoms with Crippen LogP contribution in [0.1, 0.15) is 19.5 Å². The normalized spacial score (nSPS) is 11.2. The molecule has 0 unspecified atom stereocenters. The molecule has 2 aromatic heterocycles. The zero-order valence-corrected chi connectivity index (χ0v) is 17.1. The molecule has 0 bridgehead atoms. The molecule has 2 aromatic carbocycles. The first kappa shape index (κ1) is 20.3. The summed E-state index contributed by atoms with van der Waals surface area (Å²) in [6, 6.07) is 14.9. The van der Waals surface area contributed by atoms with E-state index in [1.54, 1.807) is 16.7 Å². The fourth-order valence-electron chi connectivity index (χ4n) is 3.74. The molecule has 31 heavy (non-hydrogen) atoms. The average Bonchev–Trinajstić information content (AvgIpc) is 3.29. The molecule has 0 aliphatic carbocycles. The maximum atomic E-state index is 13.4. The van der Waals surface area contributed by atoms with E-state index in [0.29, 0.717) is 34.4 Å². The first-order valence-corrected chi connectivity index (χ1v) is 9.89. The molecule has 0 aliphatic heterocycles. The van der Waals surface area contributed by atoms with Gasteiger partial charge in [-0.15, -0.1) is 10.2 Å². The Bertz CT molecular complexity index is 1280. The van der Waals surface area contributed by atoms with Gasteiger partial charge in [-0.05, 0) is 34.2 Å². The zero-order chi connectivity index (χ0) is 22.0. The molecule has 0 fully saturated rings. The van der Waals surface area contributed by atoms with Crippen molar-refractivity contribution in [3.05, 3.63) is 64.6 Å². The van der Waals surface area contributed by atoms with Gasteiger partial charge in [0.15, 0.2) is 0 Å². The van der Waals surface area contributed by atoms with Gasteiger partial charge in [-0.25, -0.2) is 0 Å². The van der Waals surface area contributed by atoms with Crippen molar-refractivity contribution < 1.29 is 9.90 Å². The maximum Gasteiger partial charge on any atom is 0.258 e. The van der Waals surface area contributed by atoms with E-state index < -0.39 is 6.09 Å². The van der Waals surface area contributed by atoms with Gasteiger partial charge in [-0.3, -0.25) is 4.79 Å². The van der Waals surface area contributed by atoms with Gasteiger partial charge in [-0.2, -0.15) is 5.21 Å². The van der Waals surface area contributed by atoms with Gasteiger partial charge in [0.1, 0.15) is 6.09 Å². The predicted molar refractivity (Wildman–Crippen MR) is 114 cm³/mol. The third kappa shape index (κ3) is 4.02. The smallest absolute Gasteiger partial charge is 0.258 e. The number of hydrogen-bond acceptors (Lipinski definition) is 6. The van der Waals surface area contributed by atoms with Crippen LogP contribution < -0.4 is 16.0 Å². The molecule has 0 atom stereocenters. The van der Waals surface area contributed by atoms with Gasteiger partial charge in [-0.1, -0.05) is 50.2 Å². The van der Waals surface area contributed by atoms with Crippen molar-refractivity contribution in [2.45, 2.75) is 26.9 Å². The van der Waals surface area contributed by atoms with Crippen molar-refractivity contribution in [2.24, 2.45) is 5.92 Å². The highest BCUT2D eigenvalue weighted by Crippen LogP contribution is 2.33. The van der Waals surface area contributed by atoms with E-state index in [0.717, 1.165) is 11.1 Å². The SMILES string of the molecule is CC(C)Cn1c(CNC(=O)[O-])c(-c2ccccc2)c2cc(-c3nn[nH]n3)ccc2c1=O. The van der Waals surface area contributed by atoms with Crippen LogP contribution in [0.4, 0.5) is 4.79 Å². The van der Waals surface area contributed by atoms with Crippen LogP contribution in [0, 0.1) is 5.92 Å². The number of carbonyl (C=O) groups excluding carboxylic acids is 1. The quantitative estimate of drug-likeness (QED) is 0.493. The number of carboxylic acid groups (broad SMARTS) is 1. The number of hydrogen-bond donors (Lipinski definition) is 2. The Kier molecular flexibility index (Phi) is 5.48. The molecule has 0 saturated heterocycles. The van der Waals surface area contributed by atoms with Crippen molar-refractivity contribution >= 4 is 16.9 Å². The Morgan fingerprint density at radius 3 is 2.55 bits per heavy atom. The Morgan fingerprint density at radius 2 is 1.90 bits per heavy atom. The number of fused-ring (bicyclic) bond motifs is 1. The monoisotopic (exact) mass is 417 g/mol. The number of nitrogens with zero attached hydrogens (tertiary/aromatic N) is 4. The highest BCUT2D eigenvalue weighted by Gasteiger charge is 2.20. The topological polar surface area (TPSA) is 129 Å². The second-order valence-corrected chi connectivity index (χ2v) is 7.63. The summed E-state index contributed by atoms with van der Waals surface area (Å²) in [7, 11) is 0. The van der Waals surface area contributed by atoms with Crippen molar-refractivity contribution in [3.63, 3.8) is 0 Å².